The van der Waals surface area contributed by atoms with Crippen LogP contribution in [-0.4, -0.2) is 13.7 Å². The Hall–Kier alpha value is -1.65. The van der Waals surface area contributed by atoms with Crippen LogP contribution in [0.3, 0.4) is 0 Å². The van der Waals surface area contributed by atoms with Crippen LogP contribution in [0.15, 0.2) is 48.5 Å². The average molecular weight is 374 g/mol. The molecule has 0 aliphatic rings. The van der Waals surface area contributed by atoms with Crippen molar-refractivity contribution in [3.8, 4) is 0 Å². The van der Waals surface area contributed by atoms with Gasteiger partial charge in [-0.25, -0.2) is 13.1 Å². The number of aryl methyl sites for hydroxylation is 3. The van der Waals surface area contributed by atoms with E-state index in [1.807, 2.05) is 12.1 Å². The molecule has 0 saturated heterocycles. The first-order chi connectivity index (χ1) is 12.4. The molecule has 3 nitrogen and oxygen atoms in total. The molecule has 0 radical (unpaired) electrons. The van der Waals surface area contributed by atoms with Gasteiger partial charge in [-0.3, -0.25) is 0 Å². The lowest BCUT2D eigenvalue weighted by Crippen LogP contribution is -2.30. The molecule has 0 fully saturated rings. The Kier molecular flexibility index (Phi) is 7.85. The highest BCUT2D eigenvalue weighted by Crippen LogP contribution is 2.12. The predicted molar refractivity (Wildman–Crippen MR) is 110 cm³/mol. The summed E-state index contributed by atoms with van der Waals surface area (Å²) in [5.74, 6) is 0. The van der Waals surface area contributed by atoms with Gasteiger partial charge < -0.3 is 0 Å². The van der Waals surface area contributed by atoms with Crippen molar-refractivity contribution >= 4 is 10.0 Å². The van der Waals surface area contributed by atoms with E-state index in [2.05, 4.69) is 48.0 Å². The van der Waals surface area contributed by atoms with E-state index in [9.17, 15) is 8.42 Å². The van der Waals surface area contributed by atoms with Gasteiger partial charge in [0, 0.05) is 6.54 Å². The number of sulfonamides is 1. The fourth-order valence-corrected chi connectivity index (χ4v) is 3.42. The van der Waals surface area contributed by atoms with E-state index in [0.29, 0.717) is 6.54 Å². The molecule has 0 spiro atoms. The summed E-state index contributed by atoms with van der Waals surface area (Å²) in [6, 6.07) is 17.2. The monoisotopic (exact) mass is 373 g/mol. The third kappa shape index (κ3) is 6.58. The first-order valence-corrected chi connectivity index (χ1v) is 11.1. The summed E-state index contributed by atoms with van der Waals surface area (Å²) >= 11 is 0. The van der Waals surface area contributed by atoms with Crippen molar-refractivity contribution in [2.45, 2.75) is 64.7 Å². The number of hydrogen-bond acceptors (Lipinski definition) is 2. The molecule has 0 aliphatic heterocycles. The number of rotatable bonds is 10. The van der Waals surface area contributed by atoms with Gasteiger partial charge >= 0.3 is 0 Å². The minimum Gasteiger partial charge on any atom is -0.212 e. The second-order valence-electron chi connectivity index (χ2n) is 7.15. The third-order valence-corrected chi connectivity index (χ3v) is 6.45. The Morgan fingerprint density at radius 1 is 0.769 bits per heavy atom. The molecule has 0 unspecified atom stereocenters. The minimum atomic E-state index is -3.21. The van der Waals surface area contributed by atoms with E-state index >= 15 is 0 Å². The van der Waals surface area contributed by atoms with Crippen LogP contribution in [0.4, 0.5) is 0 Å². The molecule has 0 aromatic heterocycles. The standard InChI is InChI=1S/C22H31NO2S/c1-4-5-6-19-7-9-20(10-8-19)11-12-21-13-15-22(16-14-21)17-23-26(24,25)18(2)3/h7-10,13-16,18,23H,4-6,11-12,17H2,1-3H3. The Labute approximate surface area is 158 Å². The summed E-state index contributed by atoms with van der Waals surface area (Å²) < 4.78 is 26.2. The highest BCUT2D eigenvalue weighted by atomic mass is 32.2. The number of unbranched alkanes of at least 4 members (excludes halogenated alkanes) is 1. The summed E-state index contributed by atoms with van der Waals surface area (Å²) in [5, 5.41) is -0.407. The first-order valence-electron chi connectivity index (χ1n) is 9.55. The van der Waals surface area contributed by atoms with Gasteiger partial charge in [-0.1, -0.05) is 61.9 Å². The van der Waals surface area contributed by atoms with E-state index in [0.717, 1.165) is 18.4 Å². The molecule has 2 aromatic rings. The second kappa shape index (κ2) is 9.89. The summed E-state index contributed by atoms with van der Waals surface area (Å²) in [5.41, 5.74) is 5.04. The third-order valence-electron chi connectivity index (χ3n) is 4.67. The molecule has 0 saturated carbocycles. The lowest BCUT2D eigenvalue weighted by molar-refractivity contribution is 0.572. The van der Waals surface area contributed by atoms with Crippen LogP contribution in [0.5, 0.6) is 0 Å². The zero-order valence-corrected chi connectivity index (χ0v) is 17.0. The number of nitrogens with one attached hydrogen (secondary N) is 1. The van der Waals surface area contributed by atoms with Crippen LogP contribution in [0, 0.1) is 0 Å². The minimum absolute atomic E-state index is 0.347. The Morgan fingerprint density at radius 3 is 1.62 bits per heavy atom. The molecule has 2 rings (SSSR count). The largest absolute Gasteiger partial charge is 0.214 e. The molecule has 0 aliphatic carbocycles. The van der Waals surface area contributed by atoms with Crippen molar-refractivity contribution < 1.29 is 8.42 Å². The van der Waals surface area contributed by atoms with Crippen LogP contribution in [-0.2, 0) is 35.8 Å². The van der Waals surface area contributed by atoms with Crippen molar-refractivity contribution in [3.05, 3.63) is 70.8 Å². The molecule has 142 valence electrons. The van der Waals surface area contributed by atoms with Crippen molar-refractivity contribution in [1.29, 1.82) is 0 Å². The van der Waals surface area contributed by atoms with Crippen LogP contribution < -0.4 is 4.72 Å². The number of hydrogen-bond donors (Lipinski definition) is 1. The zero-order valence-electron chi connectivity index (χ0n) is 16.2. The fourth-order valence-electron chi connectivity index (χ4n) is 2.72. The van der Waals surface area contributed by atoms with E-state index in [4.69, 9.17) is 0 Å². The number of benzene rings is 2. The summed E-state index contributed by atoms with van der Waals surface area (Å²) in [6.07, 6.45) is 5.66. The molecule has 26 heavy (non-hydrogen) atoms. The van der Waals surface area contributed by atoms with E-state index < -0.39 is 15.3 Å². The lowest BCUT2D eigenvalue weighted by Gasteiger charge is -2.10. The normalized spacial score (nSPS) is 11.8. The Bertz CT molecular complexity index is 763. The SMILES string of the molecule is CCCCc1ccc(CCc2ccc(CNS(=O)(=O)C(C)C)cc2)cc1. The maximum atomic E-state index is 11.8. The maximum absolute atomic E-state index is 11.8. The van der Waals surface area contributed by atoms with Crippen LogP contribution in [0.2, 0.25) is 0 Å². The van der Waals surface area contributed by atoms with Crippen molar-refractivity contribution in [2.24, 2.45) is 0 Å². The van der Waals surface area contributed by atoms with Crippen LogP contribution in [0.1, 0.15) is 55.9 Å². The van der Waals surface area contributed by atoms with Gasteiger partial charge in [0.25, 0.3) is 0 Å². The molecule has 0 atom stereocenters. The van der Waals surface area contributed by atoms with Gasteiger partial charge in [-0.15, -0.1) is 0 Å². The van der Waals surface area contributed by atoms with Gasteiger partial charge in [-0.05, 0) is 61.8 Å². The van der Waals surface area contributed by atoms with E-state index in [-0.39, 0.29) is 0 Å². The second-order valence-corrected chi connectivity index (χ2v) is 9.47. The van der Waals surface area contributed by atoms with Gasteiger partial charge in [0.1, 0.15) is 0 Å². The average Bonchev–Trinajstić information content (AvgIpc) is 2.64. The molecule has 0 amide bonds. The molecule has 0 bridgehead atoms. The topological polar surface area (TPSA) is 46.2 Å². The van der Waals surface area contributed by atoms with Crippen molar-refractivity contribution in [2.75, 3.05) is 0 Å². The fraction of sp³-hybridized carbons (Fsp3) is 0.455. The smallest absolute Gasteiger partial charge is 0.212 e. The van der Waals surface area contributed by atoms with E-state index in [1.165, 1.54) is 36.0 Å². The molecule has 1 N–H and O–H groups in total. The van der Waals surface area contributed by atoms with Crippen molar-refractivity contribution in [3.63, 3.8) is 0 Å². The first kappa shape index (κ1) is 20.7. The quantitative estimate of drug-likeness (QED) is 0.659. The highest BCUT2D eigenvalue weighted by Gasteiger charge is 2.14. The summed E-state index contributed by atoms with van der Waals surface area (Å²) in [7, 11) is -3.21. The molecule has 0 heterocycles. The highest BCUT2D eigenvalue weighted by molar-refractivity contribution is 7.90. The van der Waals surface area contributed by atoms with Crippen molar-refractivity contribution in [1.82, 2.24) is 4.72 Å². The van der Waals surface area contributed by atoms with Crippen LogP contribution >= 0.6 is 0 Å². The van der Waals surface area contributed by atoms with Gasteiger partial charge in [-0.2, -0.15) is 0 Å². The maximum Gasteiger partial charge on any atom is 0.214 e. The lowest BCUT2D eigenvalue weighted by atomic mass is 10.0. The van der Waals surface area contributed by atoms with Crippen LogP contribution in [0.25, 0.3) is 0 Å². The Balaban J connectivity index is 1.83. The van der Waals surface area contributed by atoms with Gasteiger partial charge in [0.05, 0.1) is 5.25 Å². The molecular formula is C22H31NO2S. The zero-order chi connectivity index (χ0) is 19.0. The summed E-state index contributed by atoms with van der Waals surface area (Å²) in [6.45, 7) is 5.93. The summed E-state index contributed by atoms with van der Waals surface area (Å²) in [4.78, 5) is 0. The molecule has 2 aromatic carbocycles. The van der Waals surface area contributed by atoms with E-state index in [1.54, 1.807) is 13.8 Å². The molecular weight excluding hydrogens is 342 g/mol. The Morgan fingerprint density at radius 2 is 1.19 bits per heavy atom. The van der Waals surface area contributed by atoms with Gasteiger partial charge in [0.15, 0.2) is 0 Å². The predicted octanol–water partition coefficient (Wildman–Crippen LogP) is 4.64. The van der Waals surface area contributed by atoms with Gasteiger partial charge in [0.2, 0.25) is 10.0 Å². The molecule has 4 heteroatoms.